The molecule has 20 heavy (non-hydrogen) atoms. The van der Waals surface area contributed by atoms with Crippen LogP contribution in [0.25, 0.3) is 0 Å². The molecule has 1 aliphatic rings. The van der Waals surface area contributed by atoms with Crippen molar-refractivity contribution in [1.29, 1.82) is 5.41 Å². The lowest BCUT2D eigenvalue weighted by Crippen LogP contribution is -2.43. The van der Waals surface area contributed by atoms with Gasteiger partial charge in [-0.25, -0.2) is 0 Å². The van der Waals surface area contributed by atoms with Gasteiger partial charge in [0, 0.05) is 23.7 Å². The van der Waals surface area contributed by atoms with Crippen molar-refractivity contribution in [3.05, 3.63) is 23.8 Å². The van der Waals surface area contributed by atoms with E-state index in [4.69, 9.17) is 11.1 Å². The number of nitrogens with zero attached hydrogens (tertiary/aromatic N) is 1. The van der Waals surface area contributed by atoms with Crippen LogP contribution in [0.2, 0.25) is 0 Å². The molecule has 2 rings (SSSR count). The molecule has 0 aromatic heterocycles. The van der Waals surface area contributed by atoms with Crippen LogP contribution in [0, 0.1) is 11.3 Å². The van der Waals surface area contributed by atoms with E-state index in [-0.39, 0.29) is 11.9 Å². The molecular formula is C15H23N3OS. The Morgan fingerprint density at radius 1 is 1.55 bits per heavy atom. The van der Waals surface area contributed by atoms with Gasteiger partial charge in [0.2, 0.25) is 0 Å². The van der Waals surface area contributed by atoms with Crippen LogP contribution in [0.15, 0.2) is 23.1 Å². The lowest BCUT2D eigenvalue weighted by molar-refractivity contribution is 0.103. The first-order chi connectivity index (χ1) is 9.54. The summed E-state index contributed by atoms with van der Waals surface area (Å²) in [5.74, 6) is 1.38. The molecule has 1 aromatic carbocycles. The molecule has 0 saturated carbocycles. The van der Waals surface area contributed by atoms with Crippen molar-refractivity contribution in [2.75, 3.05) is 23.7 Å². The van der Waals surface area contributed by atoms with Crippen LogP contribution in [0.4, 0.5) is 5.69 Å². The van der Waals surface area contributed by atoms with Crippen LogP contribution in [-0.4, -0.2) is 35.9 Å². The van der Waals surface area contributed by atoms with Gasteiger partial charge in [-0.1, -0.05) is 19.9 Å². The lowest BCUT2D eigenvalue weighted by atomic mass is 9.95. The van der Waals surface area contributed by atoms with Crippen molar-refractivity contribution in [3.63, 3.8) is 0 Å². The fraction of sp³-hybridized carbons (Fsp3) is 0.533. The van der Waals surface area contributed by atoms with Crippen molar-refractivity contribution in [3.8, 4) is 0 Å². The summed E-state index contributed by atoms with van der Waals surface area (Å²) >= 11 is 1.70. The molecule has 1 aliphatic heterocycles. The summed E-state index contributed by atoms with van der Waals surface area (Å²) in [5.41, 5.74) is 7.58. The topological polar surface area (TPSA) is 73.3 Å². The van der Waals surface area contributed by atoms with E-state index < -0.39 is 0 Å². The maximum Gasteiger partial charge on any atom is 0.126 e. The van der Waals surface area contributed by atoms with Gasteiger partial charge in [-0.15, -0.1) is 11.8 Å². The van der Waals surface area contributed by atoms with E-state index in [1.54, 1.807) is 11.8 Å². The van der Waals surface area contributed by atoms with Crippen LogP contribution in [0.5, 0.6) is 0 Å². The number of anilines is 1. The molecule has 0 spiro atoms. The van der Waals surface area contributed by atoms with Gasteiger partial charge in [0.1, 0.15) is 5.84 Å². The van der Waals surface area contributed by atoms with Gasteiger partial charge < -0.3 is 15.7 Å². The number of nitrogens with one attached hydrogen (secondary N) is 1. The van der Waals surface area contributed by atoms with Gasteiger partial charge in [-0.3, -0.25) is 5.41 Å². The Balaban J connectivity index is 2.35. The number of rotatable bonds is 4. The summed E-state index contributed by atoms with van der Waals surface area (Å²) in [4.78, 5) is 3.20. The molecule has 1 aromatic rings. The lowest BCUT2D eigenvalue weighted by Gasteiger charge is -2.37. The molecule has 2 atom stereocenters. The summed E-state index contributed by atoms with van der Waals surface area (Å²) in [6.07, 6.45) is 0.648. The molecule has 0 bridgehead atoms. The summed E-state index contributed by atoms with van der Waals surface area (Å²) in [6.45, 7) is 5.69. The Hall–Kier alpha value is -1.20. The second-order valence-electron chi connectivity index (χ2n) is 5.28. The Labute approximate surface area is 124 Å². The van der Waals surface area contributed by atoms with Crippen LogP contribution >= 0.6 is 11.8 Å². The fourth-order valence-corrected chi connectivity index (χ4v) is 3.44. The number of piperidine rings is 1. The maximum atomic E-state index is 10.1. The minimum atomic E-state index is -0.314. The smallest absolute Gasteiger partial charge is 0.126 e. The zero-order valence-corrected chi connectivity index (χ0v) is 12.9. The molecule has 5 heteroatoms. The highest BCUT2D eigenvalue weighted by Gasteiger charge is 2.26. The van der Waals surface area contributed by atoms with Gasteiger partial charge in [0.25, 0.3) is 0 Å². The van der Waals surface area contributed by atoms with Crippen molar-refractivity contribution >= 4 is 23.3 Å². The number of hydrogen-bond donors (Lipinski definition) is 3. The molecule has 0 aliphatic carbocycles. The highest BCUT2D eigenvalue weighted by atomic mass is 32.2. The summed E-state index contributed by atoms with van der Waals surface area (Å²) in [7, 11) is 0. The standard InChI is InChI=1S/C15H23N3OS/c1-3-20-13-6-4-5-11(14(13)15(16)17)18-8-7-10(2)12(19)9-18/h4-6,10,12,19H,3,7-9H2,1-2H3,(H3,16,17). The molecule has 1 heterocycles. The third-order valence-electron chi connectivity index (χ3n) is 3.83. The minimum absolute atomic E-state index is 0.102. The van der Waals surface area contributed by atoms with Crippen molar-refractivity contribution < 1.29 is 5.11 Å². The number of benzene rings is 1. The average molecular weight is 293 g/mol. The van der Waals surface area contributed by atoms with Crippen LogP contribution in [0.1, 0.15) is 25.8 Å². The molecule has 4 N–H and O–H groups in total. The number of aliphatic hydroxyl groups is 1. The second kappa shape index (κ2) is 6.50. The largest absolute Gasteiger partial charge is 0.391 e. The fourth-order valence-electron chi connectivity index (χ4n) is 2.60. The Bertz CT molecular complexity index is 492. The quantitative estimate of drug-likeness (QED) is 0.452. The van der Waals surface area contributed by atoms with Gasteiger partial charge in [0.15, 0.2) is 0 Å². The Morgan fingerprint density at radius 2 is 2.30 bits per heavy atom. The maximum absolute atomic E-state index is 10.1. The SMILES string of the molecule is CCSc1cccc(N2CCC(C)C(O)C2)c1C(=N)N. The number of β-amino-alcohol motifs (C(OH)–C–C–N with tert-alkyl or cyclic N) is 1. The predicted octanol–water partition coefficient (Wildman–Crippen LogP) is 2.29. The highest BCUT2D eigenvalue weighted by Crippen LogP contribution is 2.32. The van der Waals surface area contributed by atoms with Crippen LogP contribution in [0.3, 0.4) is 0 Å². The second-order valence-corrected chi connectivity index (χ2v) is 6.58. The normalized spacial score (nSPS) is 22.9. The number of nitrogen functional groups attached to an aromatic ring is 1. The summed E-state index contributed by atoms with van der Waals surface area (Å²) < 4.78 is 0. The van der Waals surface area contributed by atoms with Gasteiger partial charge in [-0.2, -0.15) is 0 Å². The van der Waals surface area contributed by atoms with E-state index in [9.17, 15) is 5.11 Å². The Kier molecular flexibility index (Phi) is 4.94. The molecule has 1 saturated heterocycles. The number of thioether (sulfide) groups is 1. The number of nitrogens with two attached hydrogens (primary N) is 1. The predicted molar refractivity (Wildman–Crippen MR) is 85.9 cm³/mol. The molecular weight excluding hydrogens is 270 g/mol. The molecule has 2 unspecified atom stereocenters. The summed E-state index contributed by atoms with van der Waals surface area (Å²) in [6, 6.07) is 6.01. The number of hydrogen-bond acceptors (Lipinski definition) is 4. The first-order valence-corrected chi connectivity index (χ1v) is 8.06. The Morgan fingerprint density at radius 3 is 2.90 bits per heavy atom. The third kappa shape index (κ3) is 3.10. The first-order valence-electron chi connectivity index (χ1n) is 7.07. The van der Waals surface area contributed by atoms with Gasteiger partial charge >= 0.3 is 0 Å². The van der Waals surface area contributed by atoms with E-state index in [1.165, 1.54) is 0 Å². The molecule has 110 valence electrons. The summed E-state index contributed by atoms with van der Waals surface area (Å²) in [5, 5.41) is 18.0. The van der Waals surface area contributed by atoms with Gasteiger partial charge in [-0.05, 0) is 30.2 Å². The molecule has 0 radical (unpaired) electrons. The van der Waals surface area contributed by atoms with Crippen LogP contribution in [-0.2, 0) is 0 Å². The van der Waals surface area contributed by atoms with Crippen molar-refractivity contribution in [1.82, 2.24) is 0 Å². The van der Waals surface area contributed by atoms with E-state index in [0.717, 1.165) is 34.9 Å². The van der Waals surface area contributed by atoms with E-state index in [1.807, 2.05) is 18.2 Å². The molecule has 4 nitrogen and oxygen atoms in total. The van der Waals surface area contributed by atoms with Crippen molar-refractivity contribution in [2.24, 2.45) is 11.7 Å². The third-order valence-corrected chi connectivity index (χ3v) is 4.77. The zero-order chi connectivity index (χ0) is 14.7. The first kappa shape index (κ1) is 15.2. The monoisotopic (exact) mass is 293 g/mol. The van der Waals surface area contributed by atoms with Crippen LogP contribution < -0.4 is 10.6 Å². The average Bonchev–Trinajstić information content (AvgIpc) is 2.42. The number of aliphatic hydroxyl groups excluding tert-OH is 1. The van der Waals surface area contributed by atoms with E-state index in [2.05, 4.69) is 18.7 Å². The van der Waals surface area contributed by atoms with Gasteiger partial charge in [0.05, 0.1) is 11.7 Å². The molecule has 0 amide bonds. The van der Waals surface area contributed by atoms with Crippen molar-refractivity contribution in [2.45, 2.75) is 31.3 Å². The van der Waals surface area contributed by atoms with E-state index in [0.29, 0.717) is 12.5 Å². The van der Waals surface area contributed by atoms with E-state index >= 15 is 0 Å². The highest BCUT2D eigenvalue weighted by molar-refractivity contribution is 7.99. The zero-order valence-electron chi connectivity index (χ0n) is 12.1. The minimum Gasteiger partial charge on any atom is -0.391 e. The molecule has 1 fully saturated rings. The number of amidine groups is 1.